The highest BCUT2D eigenvalue weighted by molar-refractivity contribution is 5.10. The van der Waals surface area contributed by atoms with Gasteiger partial charge in [-0.25, -0.2) is 0 Å². The van der Waals surface area contributed by atoms with E-state index in [4.69, 9.17) is 10.5 Å². The fourth-order valence-electron chi connectivity index (χ4n) is 2.28. The molecule has 0 fully saturated rings. The first-order valence-corrected chi connectivity index (χ1v) is 6.67. The van der Waals surface area contributed by atoms with E-state index in [2.05, 4.69) is 24.1 Å². The zero-order chi connectivity index (χ0) is 12.8. The van der Waals surface area contributed by atoms with Crippen LogP contribution in [0.4, 0.5) is 0 Å². The van der Waals surface area contributed by atoms with Crippen LogP contribution in [0.1, 0.15) is 31.2 Å². The molecule has 18 heavy (non-hydrogen) atoms. The van der Waals surface area contributed by atoms with Gasteiger partial charge in [0.15, 0.2) is 0 Å². The summed E-state index contributed by atoms with van der Waals surface area (Å²) >= 11 is 0. The van der Waals surface area contributed by atoms with Gasteiger partial charge in [-0.15, -0.1) is 0 Å². The molecule has 3 heteroatoms. The molecular weight excluding hydrogens is 224 g/mol. The minimum atomic E-state index is 0.484. The Hall–Kier alpha value is -1.19. The lowest BCUT2D eigenvalue weighted by Crippen LogP contribution is -2.19. The van der Waals surface area contributed by atoms with Crippen LogP contribution < -0.4 is 5.73 Å². The van der Waals surface area contributed by atoms with Gasteiger partial charge >= 0.3 is 0 Å². The van der Waals surface area contributed by atoms with Crippen molar-refractivity contribution in [3.8, 4) is 0 Å². The highest BCUT2D eigenvalue weighted by Gasteiger charge is 2.18. The lowest BCUT2D eigenvalue weighted by atomic mass is 9.85. The minimum absolute atomic E-state index is 0.484. The van der Waals surface area contributed by atoms with E-state index in [1.807, 2.05) is 18.2 Å². The maximum Gasteiger partial charge on any atom is 0.0888 e. The van der Waals surface area contributed by atoms with Crippen LogP contribution >= 0.6 is 0 Å². The molecule has 0 saturated heterocycles. The number of aromatic nitrogens is 1. The van der Waals surface area contributed by atoms with Crippen molar-refractivity contribution in [1.29, 1.82) is 0 Å². The number of pyridine rings is 1. The topological polar surface area (TPSA) is 48.1 Å². The summed E-state index contributed by atoms with van der Waals surface area (Å²) in [5.41, 5.74) is 7.46. The summed E-state index contributed by atoms with van der Waals surface area (Å²) in [4.78, 5) is 4.43. The predicted octanol–water partition coefficient (Wildman–Crippen LogP) is 2.66. The average molecular weight is 246 g/mol. The zero-order valence-corrected chi connectivity index (χ0v) is 11.0. The molecule has 1 aliphatic rings. The summed E-state index contributed by atoms with van der Waals surface area (Å²) in [5.74, 6) is 1.37. The summed E-state index contributed by atoms with van der Waals surface area (Å²) in [6.45, 7) is 4.18. The molecule has 2 atom stereocenters. The quantitative estimate of drug-likeness (QED) is 0.812. The first kappa shape index (κ1) is 13.2. The van der Waals surface area contributed by atoms with Gasteiger partial charge in [0.25, 0.3) is 0 Å². The molecule has 2 unspecified atom stereocenters. The van der Waals surface area contributed by atoms with E-state index in [1.165, 1.54) is 6.42 Å². The van der Waals surface area contributed by atoms with E-state index in [1.54, 1.807) is 0 Å². The first-order valence-electron chi connectivity index (χ1n) is 6.67. The molecule has 0 aromatic carbocycles. The SMILES string of the molecule is CC1CC=CCC1COCc1cccc(CN)n1. The van der Waals surface area contributed by atoms with Crippen molar-refractivity contribution < 1.29 is 4.74 Å². The Bertz CT molecular complexity index is 403. The van der Waals surface area contributed by atoms with Gasteiger partial charge in [-0.1, -0.05) is 25.1 Å². The van der Waals surface area contributed by atoms with Gasteiger partial charge in [0.05, 0.1) is 24.6 Å². The molecule has 0 aliphatic heterocycles. The second-order valence-corrected chi connectivity index (χ2v) is 5.02. The summed E-state index contributed by atoms with van der Waals surface area (Å²) < 4.78 is 5.79. The predicted molar refractivity (Wildman–Crippen MR) is 72.8 cm³/mol. The average Bonchev–Trinajstić information content (AvgIpc) is 2.41. The third kappa shape index (κ3) is 3.65. The smallest absolute Gasteiger partial charge is 0.0888 e. The van der Waals surface area contributed by atoms with Crippen molar-refractivity contribution in [2.75, 3.05) is 6.61 Å². The number of rotatable bonds is 5. The maximum absolute atomic E-state index is 5.79. The molecule has 2 N–H and O–H groups in total. The number of nitrogens with two attached hydrogens (primary N) is 1. The summed E-state index contributed by atoms with van der Waals surface area (Å²) in [7, 11) is 0. The molecular formula is C15H22N2O. The third-order valence-corrected chi connectivity index (χ3v) is 3.57. The molecule has 1 heterocycles. The van der Waals surface area contributed by atoms with Gasteiger partial charge in [0.1, 0.15) is 0 Å². The molecule has 3 nitrogen and oxygen atoms in total. The van der Waals surface area contributed by atoms with E-state index < -0.39 is 0 Å². The Morgan fingerprint density at radius 1 is 1.28 bits per heavy atom. The summed E-state index contributed by atoms with van der Waals surface area (Å²) in [5, 5.41) is 0. The lowest BCUT2D eigenvalue weighted by molar-refractivity contribution is 0.0661. The van der Waals surface area contributed by atoms with E-state index in [9.17, 15) is 0 Å². The number of ether oxygens (including phenoxy) is 1. The standard InChI is InChI=1S/C15H22N2O/c1-12-5-2-3-6-13(12)10-18-11-15-8-4-7-14(9-16)17-15/h2-4,7-8,12-13H,5-6,9-11,16H2,1H3. The Morgan fingerprint density at radius 2 is 2.06 bits per heavy atom. The summed E-state index contributed by atoms with van der Waals surface area (Å²) in [6.07, 6.45) is 6.85. The van der Waals surface area contributed by atoms with Crippen molar-refractivity contribution >= 4 is 0 Å². The van der Waals surface area contributed by atoms with Gasteiger partial charge in [0, 0.05) is 6.54 Å². The Morgan fingerprint density at radius 3 is 2.83 bits per heavy atom. The number of hydrogen-bond acceptors (Lipinski definition) is 3. The van der Waals surface area contributed by atoms with Crippen LogP contribution in [0.3, 0.4) is 0 Å². The van der Waals surface area contributed by atoms with E-state index in [0.717, 1.165) is 30.3 Å². The molecule has 2 rings (SSSR count). The molecule has 1 aromatic rings. The fraction of sp³-hybridized carbons (Fsp3) is 0.533. The second kappa shape index (κ2) is 6.66. The molecule has 1 aliphatic carbocycles. The normalized spacial score (nSPS) is 23.2. The lowest BCUT2D eigenvalue weighted by Gasteiger charge is -2.24. The fourth-order valence-corrected chi connectivity index (χ4v) is 2.28. The van der Waals surface area contributed by atoms with Crippen LogP contribution in [0.15, 0.2) is 30.4 Å². The molecule has 0 radical (unpaired) electrons. The van der Waals surface area contributed by atoms with E-state index in [0.29, 0.717) is 19.1 Å². The number of hydrogen-bond donors (Lipinski definition) is 1. The highest BCUT2D eigenvalue weighted by atomic mass is 16.5. The van der Waals surface area contributed by atoms with Gasteiger partial charge in [-0.2, -0.15) is 0 Å². The molecule has 0 bridgehead atoms. The van der Waals surface area contributed by atoms with Crippen LogP contribution in [0.2, 0.25) is 0 Å². The van der Waals surface area contributed by atoms with E-state index >= 15 is 0 Å². The monoisotopic (exact) mass is 246 g/mol. The molecule has 98 valence electrons. The number of allylic oxidation sites excluding steroid dienone is 2. The Labute approximate surface area is 109 Å². The van der Waals surface area contributed by atoms with Gasteiger partial charge in [-0.3, -0.25) is 4.98 Å². The second-order valence-electron chi connectivity index (χ2n) is 5.02. The van der Waals surface area contributed by atoms with Crippen LogP contribution in [0, 0.1) is 11.8 Å². The molecule has 0 amide bonds. The van der Waals surface area contributed by atoms with Gasteiger partial charge in [-0.05, 0) is 36.8 Å². The number of nitrogens with zero attached hydrogens (tertiary/aromatic N) is 1. The van der Waals surface area contributed by atoms with Crippen LogP contribution in [-0.4, -0.2) is 11.6 Å². The molecule has 0 spiro atoms. The van der Waals surface area contributed by atoms with Crippen molar-refractivity contribution in [3.05, 3.63) is 41.7 Å². The van der Waals surface area contributed by atoms with Crippen LogP contribution in [0.25, 0.3) is 0 Å². The van der Waals surface area contributed by atoms with Crippen molar-refractivity contribution in [1.82, 2.24) is 4.98 Å². The van der Waals surface area contributed by atoms with Crippen LogP contribution in [-0.2, 0) is 17.9 Å². The van der Waals surface area contributed by atoms with Crippen molar-refractivity contribution in [2.24, 2.45) is 17.6 Å². The highest BCUT2D eigenvalue weighted by Crippen LogP contribution is 2.25. The molecule has 0 saturated carbocycles. The Kier molecular flexibility index (Phi) is 4.90. The Balaban J connectivity index is 1.79. The van der Waals surface area contributed by atoms with Gasteiger partial charge in [0.2, 0.25) is 0 Å². The molecule has 1 aromatic heterocycles. The third-order valence-electron chi connectivity index (χ3n) is 3.57. The van der Waals surface area contributed by atoms with E-state index in [-0.39, 0.29) is 0 Å². The largest absolute Gasteiger partial charge is 0.375 e. The van der Waals surface area contributed by atoms with Crippen molar-refractivity contribution in [3.63, 3.8) is 0 Å². The zero-order valence-electron chi connectivity index (χ0n) is 11.0. The summed E-state index contributed by atoms with van der Waals surface area (Å²) in [6, 6.07) is 5.92. The maximum atomic E-state index is 5.79. The minimum Gasteiger partial charge on any atom is -0.375 e. The first-order chi connectivity index (χ1) is 8.79. The van der Waals surface area contributed by atoms with Crippen molar-refractivity contribution in [2.45, 2.75) is 32.9 Å². The van der Waals surface area contributed by atoms with Gasteiger partial charge < -0.3 is 10.5 Å². The van der Waals surface area contributed by atoms with Crippen LogP contribution in [0.5, 0.6) is 0 Å².